The highest BCUT2D eigenvalue weighted by Crippen LogP contribution is 2.26. The third kappa shape index (κ3) is 6.06. The predicted octanol–water partition coefficient (Wildman–Crippen LogP) is 3.01. The zero-order valence-electron chi connectivity index (χ0n) is 14.1. The molecular weight excluding hydrogens is 282 g/mol. The van der Waals surface area contributed by atoms with Crippen LogP contribution in [0.4, 0.5) is 0 Å². The van der Waals surface area contributed by atoms with Gasteiger partial charge in [0.25, 0.3) is 0 Å². The Bertz CT molecular complexity index is 438. The summed E-state index contributed by atoms with van der Waals surface area (Å²) in [5.41, 5.74) is -0.160. The fourth-order valence-electron chi connectivity index (χ4n) is 1.73. The molecular formula is C16H29N3OS. The fourth-order valence-corrected chi connectivity index (χ4v) is 2.58. The normalized spacial score (nSPS) is 13.3. The van der Waals surface area contributed by atoms with Gasteiger partial charge in [-0.3, -0.25) is 4.99 Å². The molecule has 0 radical (unpaired) electrons. The van der Waals surface area contributed by atoms with Gasteiger partial charge < -0.3 is 15.4 Å². The monoisotopic (exact) mass is 311 g/mol. The zero-order chi connectivity index (χ0) is 15.9. The van der Waals surface area contributed by atoms with Crippen molar-refractivity contribution in [1.29, 1.82) is 0 Å². The van der Waals surface area contributed by atoms with Crippen molar-refractivity contribution in [3.63, 3.8) is 0 Å². The van der Waals surface area contributed by atoms with Gasteiger partial charge in [-0.1, -0.05) is 19.9 Å². The number of rotatable bonds is 7. The van der Waals surface area contributed by atoms with Gasteiger partial charge in [0.1, 0.15) is 0 Å². The van der Waals surface area contributed by atoms with Crippen LogP contribution in [0.25, 0.3) is 0 Å². The SMILES string of the molecule is CCNC(=NCC(C)(C)OC)NCC(C)(C)c1cccs1. The van der Waals surface area contributed by atoms with E-state index in [0.29, 0.717) is 6.54 Å². The van der Waals surface area contributed by atoms with Crippen LogP contribution in [0.2, 0.25) is 0 Å². The number of hydrogen-bond acceptors (Lipinski definition) is 3. The van der Waals surface area contributed by atoms with Crippen molar-refractivity contribution in [2.75, 3.05) is 26.7 Å². The minimum Gasteiger partial charge on any atom is -0.377 e. The van der Waals surface area contributed by atoms with Gasteiger partial charge in [0.2, 0.25) is 0 Å². The van der Waals surface area contributed by atoms with Crippen molar-refractivity contribution in [3.05, 3.63) is 22.4 Å². The number of nitrogens with one attached hydrogen (secondary N) is 2. The van der Waals surface area contributed by atoms with E-state index in [0.717, 1.165) is 19.0 Å². The molecule has 0 spiro atoms. The van der Waals surface area contributed by atoms with Crippen molar-refractivity contribution in [1.82, 2.24) is 10.6 Å². The second-order valence-corrected chi connectivity index (χ2v) is 7.32. The molecule has 1 aromatic heterocycles. The molecule has 5 heteroatoms. The van der Waals surface area contributed by atoms with Crippen LogP contribution < -0.4 is 10.6 Å². The second kappa shape index (κ2) is 7.80. The standard InChI is InChI=1S/C16H29N3OS/c1-7-17-14(19-12-16(4,5)20-6)18-11-15(2,3)13-9-8-10-21-13/h8-10H,7,11-12H2,1-6H3,(H2,17,18,19). The van der Waals surface area contributed by atoms with Crippen LogP contribution in [0.1, 0.15) is 39.5 Å². The maximum atomic E-state index is 5.41. The van der Waals surface area contributed by atoms with Gasteiger partial charge in [0.05, 0.1) is 12.1 Å². The number of thiophene rings is 1. The maximum Gasteiger partial charge on any atom is 0.191 e. The van der Waals surface area contributed by atoms with Crippen LogP contribution in [-0.2, 0) is 10.2 Å². The molecule has 0 unspecified atom stereocenters. The van der Waals surface area contributed by atoms with E-state index in [1.54, 1.807) is 18.4 Å². The summed E-state index contributed by atoms with van der Waals surface area (Å²) < 4.78 is 5.41. The molecule has 0 atom stereocenters. The Hall–Kier alpha value is -1.07. The highest BCUT2D eigenvalue weighted by Gasteiger charge is 2.22. The quantitative estimate of drug-likeness (QED) is 0.601. The Morgan fingerprint density at radius 3 is 2.52 bits per heavy atom. The summed E-state index contributed by atoms with van der Waals surface area (Å²) in [6.45, 7) is 12.9. The Morgan fingerprint density at radius 2 is 2.00 bits per heavy atom. The summed E-state index contributed by atoms with van der Waals surface area (Å²) in [4.78, 5) is 5.99. The molecule has 2 N–H and O–H groups in total. The first kappa shape index (κ1) is 18.0. The summed E-state index contributed by atoms with van der Waals surface area (Å²) in [7, 11) is 1.72. The van der Waals surface area contributed by atoms with Crippen LogP contribution in [0, 0.1) is 0 Å². The molecule has 1 rings (SSSR count). The number of aliphatic imine (C=N–C) groups is 1. The molecule has 21 heavy (non-hydrogen) atoms. The molecule has 0 aliphatic rings. The minimum absolute atomic E-state index is 0.0845. The van der Waals surface area contributed by atoms with Gasteiger partial charge in [-0.15, -0.1) is 11.3 Å². The first-order valence-corrected chi connectivity index (χ1v) is 8.30. The largest absolute Gasteiger partial charge is 0.377 e. The van der Waals surface area contributed by atoms with Gasteiger partial charge >= 0.3 is 0 Å². The third-order valence-corrected chi connectivity index (χ3v) is 4.64. The van der Waals surface area contributed by atoms with Crippen molar-refractivity contribution < 1.29 is 4.74 Å². The van der Waals surface area contributed by atoms with Gasteiger partial charge in [-0.05, 0) is 32.2 Å². The van der Waals surface area contributed by atoms with Crippen molar-refractivity contribution >= 4 is 17.3 Å². The molecule has 0 saturated carbocycles. The smallest absolute Gasteiger partial charge is 0.191 e. The van der Waals surface area contributed by atoms with Crippen LogP contribution in [0.15, 0.2) is 22.5 Å². The van der Waals surface area contributed by atoms with E-state index in [9.17, 15) is 0 Å². The molecule has 0 amide bonds. The van der Waals surface area contributed by atoms with Crippen LogP contribution in [0.5, 0.6) is 0 Å². The van der Waals surface area contributed by atoms with Crippen LogP contribution >= 0.6 is 11.3 Å². The molecule has 0 saturated heterocycles. The van der Waals surface area contributed by atoms with Crippen molar-refractivity contribution in [3.8, 4) is 0 Å². The molecule has 1 heterocycles. The minimum atomic E-state index is -0.244. The highest BCUT2D eigenvalue weighted by atomic mass is 32.1. The number of guanidine groups is 1. The maximum absolute atomic E-state index is 5.41. The number of methoxy groups -OCH3 is 1. The predicted molar refractivity (Wildman–Crippen MR) is 92.4 cm³/mol. The number of hydrogen-bond donors (Lipinski definition) is 2. The average Bonchev–Trinajstić information content (AvgIpc) is 2.97. The highest BCUT2D eigenvalue weighted by molar-refractivity contribution is 7.10. The average molecular weight is 311 g/mol. The molecule has 0 fully saturated rings. The van der Waals surface area contributed by atoms with E-state index in [2.05, 4.69) is 53.9 Å². The first-order chi connectivity index (χ1) is 9.80. The summed E-state index contributed by atoms with van der Waals surface area (Å²) in [5, 5.41) is 8.84. The summed E-state index contributed by atoms with van der Waals surface area (Å²) >= 11 is 1.80. The number of nitrogens with zero attached hydrogens (tertiary/aromatic N) is 1. The van der Waals surface area contributed by atoms with E-state index in [-0.39, 0.29) is 11.0 Å². The van der Waals surface area contributed by atoms with E-state index < -0.39 is 0 Å². The zero-order valence-corrected chi connectivity index (χ0v) is 14.9. The van der Waals surface area contributed by atoms with E-state index in [1.807, 2.05) is 13.8 Å². The Morgan fingerprint density at radius 1 is 1.29 bits per heavy atom. The van der Waals surface area contributed by atoms with E-state index in [1.165, 1.54) is 4.88 Å². The van der Waals surface area contributed by atoms with Crippen molar-refractivity contribution in [2.24, 2.45) is 4.99 Å². The fraction of sp³-hybridized carbons (Fsp3) is 0.688. The molecule has 0 aromatic carbocycles. The molecule has 0 bridgehead atoms. The Kier molecular flexibility index (Phi) is 6.68. The lowest BCUT2D eigenvalue weighted by Crippen LogP contribution is -2.44. The molecule has 4 nitrogen and oxygen atoms in total. The Balaban J connectivity index is 2.64. The topological polar surface area (TPSA) is 45.7 Å². The first-order valence-electron chi connectivity index (χ1n) is 7.42. The van der Waals surface area contributed by atoms with Gasteiger partial charge in [-0.2, -0.15) is 0 Å². The molecule has 120 valence electrons. The molecule has 1 aromatic rings. The number of ether oxygens (including phenoxy) is 1. The summed E-state index contributed by atoms with van der Waals surface area (Å²) in [5.74, 6) is 0.840. The lowest BCUT2D eigenvalue weighted by Gasteiger charge is -2.26. The van der Waals surface area contributed by atoms with Crippen LogP contribution in [0.3, 0.4) is 0 Å². The second-order valence-electron chi connectivity index (χ2n) is 6.37. The van der Waals surface area contributed by atoms with Gasteiger partial charge in [0.15, 0.2) is 5.96 Å². The van der Waals surface area contributed by atoms with Crippen LogP contribution in [-0.4, -0.2) is 38.3 Å². The summed E-state index contributed by atoms with van der Waals surface area (Å²) in [6.07, 6.45) is 0. The van der Waals surface area contributed by atoms with E-state index >= 15 is 0 Å². The molecule has 0 aliphatic carbocycles. The van der Waals surface area contributed by atoms with Gasteiger partial charge in [0, 0.05) is 30.5 Å². The third-order valence-electron chi connectivity index (χ3n) is 3.40. The lowest BCUT2D eigenvalue weighted by atomic mass is 9.91. The summed E-state index contributed by atoms with van der Waals surface area (Å²) in [6, 6.07) is 4.28. The van der Waals surface area contributed by atoms with Crippen molar-refractivity contribution in [2.45, 2.75) is 45.6 Å². The Labute approximate surface area is 133 Å². The molecule has 0 aliphatic heterocycles. The van der Waals surface area contributed by atoms with Gasteiger partial charge in [-0.25, -0.2) is 0 Å². The van der Waals surface area contributed by atoms with E-state index in [4.69, 9.17) is 4.74 Å². The lowest BCUT2D eigenvalue weighted by molar-refractivity contribution is 0.0310.